The van der Waals surface area contributed by atoms with E-state index in [0.29, 0.717) is 12.0 Å². The van der Waals surface area contributed by atoms with Crippen LogP contribution < -0.4 is 5.32 Å². The molecular formula is C16H33N3O. The fourth-order valence-corrected chi connectivity index (χ4v) is 3.57. The van der Waals surface area contributed by atoms with Crippen LogP contribution >= 0.6 is 0 Å². The predicted octanol–water partition coefficient (Wildman–Crippen LogP) is 1.15. The van der Waals surface area contributed by atoms with Crippen LogP contribution in [0, 0.1) is 5.92 Å². The van der Waals surface area contributed by atoms with E-state index in [1.54, 1.807) is 0 Å². The molecule has 1 heterocycles. The van der Waals surface area contributed by atoms with Crippen LogP contribution in [0.4, 0.5) is 0 Å². The molecule has 20 heavy (non-hydrogen) atoms. The molecule has 1 saturated carbocycles. The lowest BCUT2D eigenvalue weighted by atomic mass is 9.91. The Bertz CT molecular complexity index is 293. The largest absolute Gasteiger partial charge is 0.394 e. The van der Waals surface area contributed by atoms with E-state index in [9.17, 15) is 5.11 Å². The van der Waals surface area contributed by atoms with Gasteiger partial charge in [-0.2, -0.15) is 0 Å². The Morgan fingerprint density at radius 2 is 2.05 bits per heavy atom. The Morgan fingerprint density at radius 1 is 1.30 bits per heavy atom. The molecule has 1 aliphatic heterocycles. The summed E-state index contributed by atoms with van der Waals surface area (Å²) in [6.45, 7) is 6.84. The maximum atomic E-state index is 10.0. The van der Waals surface area contributed by atoms with Crippen molar-refractivity contribution >= 4 is 0 Å². The van der Waals surface area contributed by atoms with Gasteiger partial charge in [0.25, 0.3) is 0 Å². The highest BCUT2D eigenvalue weighted by Gasteiger charge is 2.45. The molecule has 2 atom stereocenters. The highest BCUT2D eigenvalue weighted by molar-refractivity contribution is 5.03. The molecule has 0 radical (unpaired) electrons. The summed E-state index contributed by atoms with van der Waals surface area (Å²) in [7, 11) is 4.37. The van der Waals surface area contributed by atoms with Gasteiger partial charge in [-0.1, -0.05) is 6.92 Å². The van der Waals surface area contributed by atoms with Crippen LogP contribution in [-0.2, 0) is 0 Å². The van der Waals surface area contributed by atoms with E-state index in [2.05, 4.69) is 36.1 Å². The van der Waals surface area contributed by atoms with Crippen LogP contribution in [0.5, 0.6) is 0 Å². The van der Waals surface area contributed by atoms with Crippen molar-refractivity contribution in [3.8, 4) is 0 Å². The number of piperidine rings is 1. The first-order chi connectivity index (χ1) is 9.61. The Kier molecular flexibility index (Phi) is 5.84. The van der Waals surface area contributed by atoms with E-state index < -0.39 is 0 Å². The van der Waals surface area contributed by atoms with Crippen LogP contribution in [0.3, 0.4) is 0 Å². The Balaban J connectivity index is 1.96. The van der Waals surface area contributed by atoms with E-state index in [-0.39, 0.29) is 12.1 Å². The standard InChI is InChI=1S/C16H33N3O/c1-4-9-17-16(13-20,14-7-8-14)12-19-10-5-6-15(11-19)18(2)3/h14-15,17,20H,4-13H2,1-3H3. The van der Waals surface area contributed by atoms with E-state index in [0.717, 1.165) is 26.1 Å². The SMILES string of the molecule is CCCNC(CO)(CN1CCCC(N(C)C)C1)C1CC1. The second kappa shape index (κ2) is 7.21. The zero-order valence-corrected chi connectivity index (χ0v) is 13.6. The summed E-state index contributed by atoms with van der Waals surface area (Å²) >= 11 is 0. The lowest BCUT2D eigenvalue weighted by Gasteiger charge is -2.43. The Morgan fingerprint density at radius 3 is 2.60 bits per heavy atom. The van der Waals surface area contributed by atoms with E-state index >= 15 is 0 Å². The van der Waals surface area contributed by atoms with Gasteiger partial charge in [-0.15, -0.1) is 0 Å². The molecule has 0 aromatic heterocycles. The summed E-state index contributed by atoms with van der Waals surface area (Å²) in [5.74, 6) is 0.679. The van der Waals surface area contributed by atoms with E-state index in [1.165, 1.54) is 32.2 Å². The third-order valence-corrected chi connectivity index (χ3v) is 5.08. The summed E-state index contributed by atoms with van der Waals surface area (Å²) in [6.07, 6.45) is 6.28. The summed E-state index contributed by atoms with van der Waals surface area (Å²) < 4.78 is 0. The maximum Gasteiger partial charge on any atom is 0.0628 e. The molecule has 2 unspecified atom stereocenters. The molecule has 0 aromatic rings. The maximum absolute atomic E-state index is 10.0. The number of likely N-dealkylation sites (N-methyl/N-ethyl adjacent to an activating group) is 1. The van der Waals surface area contributed by atoms with Crippen LogP contribution in [0.2, 0.25) is 0 Å². The monoisotopic (exact) mass is 283 g/mol. The molecule has 2 aliphatic rings. The minimum Gasteiger partial charge on any atom is -0.394 e. The minimum atomic E-state index is -0.0514. The van der Waals surface area contributed by atoms with Crippen molar-refractivity contribution < 1.29 is 5.11 Å². The molecule has 118 valence electrons. The topological polar surface area (TPSA) is 38.7 Å². The average molecular weight is 283 g/mol. The number of nitrogens with zero attached hydrogens (tertiary/aromatic N) is 2. The second-order valence-corrected chi connectivity index (χ2v) is 7.01. The number of aliphatic hydroxyl groups excluding tert-OH is 1. The zero-order valence-electron chi connectivity index (χ0n) is 13.6. The first-order valence-electron chi connectivity index (χ1n) is 8.36. The summed E-state index contributed by atoms with van der Waals surface area (Å²) in [5, 5.41) is 13.7. The zero-order chi connectivity index (χ0) is 14.6. The first kappa shape index (κ1) is 16.2. The van der Waals surface area contributed by atoms with Crippen molar-refractivity contribution in [3.63, 3.8) is 0 Å². The highest BCUT2D eigenvalue weighted by atomic mass is 16.3. The number of rotatable bonds is 8. The van der Waals surface area contributed by atoms with Gasteiger partial charge in [0.05, 0.1) is 12.1 Å². The molecule has 2 rings (SSSR count). The number of nitrogens with one attached hydrogen (secondary N) is 1. The fourth-order valence-electron chi connectivity index (χ4n) is 3.57. The van der Waals surface area contributed by atoms with Gasteiger partial charge < -0.3 is 15.3 Å². The first-order valence-corrected chi connectivity index (χ1v) is 8.36. The third-order valence-electron chi connectivity index (χ3n) is 5.08. The van der Waals surface area contributed by atoms with Gasteiger partial charge in [-0.05, 0) is 65.2 Å². The van der Waals surface area contributed by atoms with Gasteiger partial charge in [0.15, 0.2) is 0 Å². The van der Waals surface area contributed by atoms with Crippen LogP contribution in [0.1, 0.15) is 39.0 Å². The van der Waals surface area contributed by atoms with Crippen molar-refractivity contribution in [2.45, 2.75) is 50.6 Å². The van der Waals surface area contributed by atoms with Crippen LogP contribution in [0.25, 0.3) is 0 Å². The third kappa shape index (κ3) is 3.94. The molecule has 2 fully saturated rings. The van der Waals surface area contributed by atoms with Crippen LogP contribution in [-0.4, -0.2) is 73.4 Å². The molecule has 4 nitrogen and oxygen atoms in total. The minimum absolute atomic E-state index is 0.0514. The van der Waals surface area contributed by atoms with Crippen LogP contribution in [0.15, 0.2) is 0 Å². The molecular weight excluding hydrogens is 250 g/mol. The smallest absolute Gasteiger partial charge is 0.0628 e. The summed E-state index contributed by atoms with van der Waals surface area (Å²) in [5.41, 5.74) is -0.0514. The lowest BCUT2D eigenvalue weighted by molar-refractivity contribution is 0.0596. The molecule has 0 bridgehead atoms. The van der Waals surface area contributed by atoms with Crippen molar-refractivity contribution in [3.05, 3.63) is 0 Å². The van der Waals surface area contributed by atoms with Crippen molar-refractivity contribution in [2.75, 3.05) is 46.9 Å². The predicted molar refractivity (Wildman–Crippen MR) is 84.0 cm³/mol. The molecule has 0 aromatic carbocycles. The van der Waals surface area contributed by atoms with Gasteiger partial charge in [0.2, 0.25) is 0 Å². The van der Waals surface area contributed by atoms with Gasteiger partial charge in [0, 0.05) is 19.1 Å². The molecule has 0 spiro atoms. The van der Waals surface area contributed by atoms with Gasteiger partial charge in [0.1, 0.15) is 0 Å². The normalized spacial score (nSPS) is 27.8. The quantitative estimate of drug-likeness (QED) is 0.701. The Hall–Kier alpha value is -0.160. The van der Waals surface area contributed by atoms with Gasteiger partial charge >= 0.3 is 0 Å². The summed E-state index contributed by atoms with van der Waals surface area (Å²) in [4.78, 5) is 4.93. The molecule has 0 amide bonds. The number of likely N-dealkylation sites (tertiary alicyclic amines) is 1. The number of hydrogen-bond donors (Lipinski definition) is 2. The molecule has 2 N–H and O–H groups in total. The van der Waals surface area contributed by atoms with Gasteiger partial charge in [-0.25, -0.2) is 0 Å². The van der Waals surface area contributed by atoms with E-state index in [1.807, 2.05) is 0 Å². The van der Waals surface area contributed by atoms with Crippen molar-refractivity contribution in [2.24, 2.45) is 5.92 Å². The van der Waals surface area contributed by atoms with Crippen molar-refractivity contribution in [1.82, 2.24) is 15.1 Å². The summed E-state index contributed by atoms with van der Waals surface area (Å²) in [6, 6.07) is 0.672. The highest BCUT2D eigenvalue weighted by Crippen LogP contribution is 2.40. The number of hydrogen-bond acceptors (Lipinski definition) is 4. The van der Waals surface area contributed by atoms with Crippen molar-refractivity contribution in [1.29, 1.82) is 0 Å². The fraction of sp³-hybridized carbons (Fsp3) is 1.00. The molecule has 1 saturated heterocycles. The van der Waals surface area contributed by atoms with E-state index in [4.69, 9.17) is 0 Å². The lowest BCUT2D eigenvalue weighted by Crippen LogP contribution is -2.60. The Labute approximate surface area is 124 Å². The second-order valence-electron chi connectivity index (χ2n) is 7.01. The molecule has 1 aliphatic carbocycles. The average Bonchev–Trinajstić information content (AvgIpc) is 3.29. The molecule has 4 heteroatoms. The number of aliphatic hydroxyl groups is 1. The van der Waals surface area contributed by atoms with Gasteiger partial charge in [-0.3, -0.25) is 4.90 Å².